The molecule has 4 aromatic rings. The topological polar surface area (TPSA) is 130 Å². The Morgan fingerprint density at radius 1 is 1.08 bits per heavy atom. The normalized spacial score (nSPS) is 15.7. The predicted octanol–water partition coefficient (Wildman–Crippen LogP) is 2.22. The van der Waals surface area contributed by atoms with Crippen molar-refractivity contribution in [1.29, 1.82) is 0 Å². The Kier molecular flexibility index (Phi) is 6.81. The first-order valence-corrected chi connectivity index (χ1v) is 13.8. The van der Waals surface area contributed by atoms with E-state index in [1.54, 1.807) is 6.20 Å². The molecule has 5 rings (SSSR count). The summed E-state index contributed by atoms with van der Waals surface area (Å²) in [4.78, 5) is 32.8. The molecule has 1 amide bonds. The molecule has 1 aliphatic rings. The van der Waals surface area contributed by atoms with Crippen LogP contribution in [0.4, 0.5) is 5.82 Å². The molecule has 5 heterocycles. The van der Waals surface area contributed by atoms with Gasteiger partial charge in [-0.1, -0.05) is 6.07 Å². The maximum atomic E-state index is 12.6. The molecule has 1 unspecified atom stereocenters. The number of nitrogens with one attached hydrogen (secondary N) is 2. The lowest BCUT2D eigenvalue weighted by atomic mass is 10.2. The minimum Gasteiger partial charge on any atom is -0.355 e. The van der Waals surface area contributed by atoms with E-state index in [2.05, 4.69) is 25.5 Å². The van der Waals surface area contributed by atoms with E-state index in [4.69, 9.17) is 9.97 Å². The number of pyridine rings is 4. The number of aromatic nitrogens is 4. The van der Waals surface area contributed by atoms with Crippen molar-refractivity contribution in [3.05, 3.63) is 72.3 Å². The predicted molar refractivity (Wildman–Crippen MR) is 141 cm³/mol. The third-order valence-electron chi connectivity index (χ3n) is 6.38. The van der Waals surface area contributed by atoms with Crippen molar-refractivity contribution < 1.29 is 13.2 Å². The second kappa shape index (κ2) is 10.2. The molecule has 1 aliphatic heterocycles. The van der Waals surface area contributed by atoms with Gasteiger partial charge in [-0.2, -0.15) is 0 Å². The summed E-state index contributed by atoms with van der Waals surface area (Å²) in [5.74, 6) is 0.495. The van der Waals surface area contributed by atoms with Crippen LogP contribution in [-0.2, 0) is 16.4 Å². The van der Waals surface area contributed by atoms with Crippen LogP contribution in [0, 0.1) is 0 Å². The van der Waals surface area contributed by atoms with E-state index in [1.807, 2.05) is 43.4 Å². The smallest absolute Gasteiger partial charge is 0.253 e. The fraction of sp³-hybridized carbons (Fsp3) is 0.269. The maximum absolute atomic E-state index is 12.6. The highest BCUT2D eigenvalue weighted by Gasteiger charge is 2.22. The van der Waals surface area contributed by atoms with Gasteiger partial charge in [0.15, 0.2) is 9.84 Å². The molecule has 1 atom stereocenters. The van der Waals surface area contributed by atoms with Gasteiger partial charge < -0.3 is 15.5 Å². The first-order valence-electron chi connectivity index (χ1n) is 11.9. The van der Waals surface area contributed by atoms with E-state index in [-0.39, 0.29) is 17.0 Å². The van der Waals surface area contributed by atoms with Crippen LogP contribution < -0.4 is 15.5 Å². The molecule has 0 spiro atoms. The van der Waals surface area contributed by atoms with Gasteiger partial charge in [-0.05, 0) is 49.9 Å². The number of hydrogen-bond donors (Lipinski definition) is 2. The quantitative estimate of drug-likeness (QED) is 0.379. The number of amides is 1. The summed E-state index contributed by atoms with van der Waals surface area (Å²) in [6.07, 6.45) is 6.42. The minimum absolute atomic E-state index is 0.00929. The largest absolute Gasteiger partial charge is 0.355 e. The van der Waals surface area contributed by atoms with Crippen LogP contribution in [0.1, 0.15) is 22.5 Å². The Labute approximate surface area is 215 Å². The summed E-state index contributed by atoms with van der Waals surface area (Å²) < 4.78 is 23.5. The molecule has 0 aliphatic carbocycles. The number of anilines is 1. The van der Waals surface area contributed by atoms with Crippen molar-refractivity contribution in [2.24, 2.45) is 0 Å². The Balaban J connectivity index is 1.33. The van der Waals surface area contributed by atoms with Crippen LogP contribution in [0.15, 0.2) is 66.0 Å². The Morgan fingerprint density at radius 3 is 2.70 bits per heavy atom. The lowest BCUT2D eigenvalue weighted by Crippen LogP contribution is -2.29. The molecule has 4 aromatic heterocycles. The third kappa shape index (κ3) is 5.57. The molecule has 0 saturated carbocycles. The van der Waals surface area contributed by atoms with Gasteiger partial charge in [0.05, 0.1) is 39.6 Å². The number of nitrogens with zero attached hydrogens (tertiary/aromatic N) is 5. The molecular weight excluding hydrogens is 490 g/mol. The lowest BCUT2D eigenvalue weighted by molar-refractivity contribution is 0.0950. The molecule has 2 N–H and O–H groups in total. The van der Waals surface area contributed by atoms with Gasteiger partial charge in [-0.3, -0.25) is 14.8 Å². The molecule has 1 fully saturated rings. The molecule has 190 valence electrons. The van der Waals surface area contributed by atoms with Gasteiger partial charge >= 0.3 is 0 Å². The zero-order valence-corrected chi connectivity index (χ0v) is 21.4. The molecule has 10 nitrogen and oxygen atoms in total. The van der Waals surface area contributed by atoms with Gasteiger partial charge in [0.1, 0.15) is 5.82 Å². The second-order valence-corrected chi connectivity index (χ2v) is 11.0. The summed E-state index contributed by atoms with van der Waals surface area (Å²) in [5.41, 5.74) is 3.06. The zero-order chi connectivity index (χ0) is 26.0. The van der Waals surface area contributed by atoms with Gasteiger partial charge in [0.25, 0.3) is 5.91 Å². The second-order valence-electron chi connectivity index (χ2n) is 9.03. The first kappa shape index (κ1) is 24.7. The number of rotatable bonds is 7. The highest BCUT2D eigenvalue weighted by molar-refractivity contribution is 7.90. The van der Waals surface area contributed by atoms with Crippen molar-refractivity contribution in [2.45, 2.75) is 23.9 Å². The van der Waals surface area contributed by atoms with Crippen LogP contribution in [-0.4, -0.2) is 66.7 Å². The molecule has 0 aromatic carbocycles. The summed E-state index contributed by atoms with van der Waals surface area (Å²) >= 11 is 0. The minimum atomic E-state index is -3.46. The number of likely N-dealkylation sites (N-methyl/N-ethyl adjacent to an activating group) is 1. The van der Waals surface area contributed by atoms with Crippen molar-refractivity contribution in [3.63, 3.8) is 0 Å². The number of fused-ring (bicyclic) bond motifs is 1. The van der Waals surface area contributed by atoms with Crippen molar-refractivity contribution in [3.8, 4) is 11.4 Å². The Morgan fingerprint density at radius 2 is 1.92 bits per heavy atom. The van der Waals surface area contributed by atoms with Gasteiger partial charge in [-0.25, -0.2) is 18.4 Å². The van der Waals surface area contributed by atoms with E-state index < -0.39 is 15.7 Å². The zero-order valence-electron chi connectivity index (χ0n) is 20.5. The van der Waals surface area contributed by atoms with Crippen LogP contribution in [0.25, 0.3) is 22.3 Å². The fourth-order valence-corrected chi connectivity index (χ4v) is 4.86. The summed E-state index contributed by atoms with van der Waals surface area (Å²) in [6.45, 7) is 2.04. The van der Waals surface area contributed by atoms with E-state index in [1.165, 1.54) is 18.5 Å². The number of carbonyl (C=O) groups is 1. The van der Waals surface area contributed by atoms with E-state index >= 15 is 0 Å². The van der Waals surface area contributed by atoms with Gasteiger partial charge in [0.2, 0.25) is 0 Å². The van der Waals surface area contributed by atoms with Crippen LogP contribution in [0.5, 0.6) is 0 Å². The van der Waals surface area contributed by atoms with E-state index in [0.29, 0.717) is 11.7 Å². The standard InChI is InChI=1S/C26H27N7O3S/c1-27-19-8-9-33(16-19)25-5-3-4-22(32-25)23-7-6-17-13-29-20(11-24(17)31-23)14-30-26(34)18-10-21(15-28-12-18)37(2,35)36/h3-7,10-13,15,19,27H,8-9,14,16H2,1-2H3,(H,30,34). The van der Waals surface area contributed by atoms with E-state index in [9.17, 15) is 13.2 Å². The summed E-state index contributed by atoms with van der Waals surface area (Å²) in [7, 11) is -1.48. The summed E-state index contributed by atoms with van der Waals surface area (Å²) in [5, 5.41) is 6.97. The van der Waals surface area contributed by atoms with Crippen molar-refractivity contribution in [1.82, 2.24) is 30.6 Å². The van der Waals surface area contributed by atoms with Gasteiger partial charge in [-0.15, -0.1) is 0 Å². The Hall–Kier alpha value is -3.96. The van der Waals surface area contributed by atoms with Crippen molar-refractivity contribution in [2.75, 3.05) is 31.3 Å². The van der Waals surface area contributed by atoms with Crippen molar-refractivity contribution >= 4 is 32.5 Å². The molecule has 1 saturated heterocycles. The molecule has 0 radical (unpaired) electrons. The Bertz CT molecular complexity index is 1580. The average molecular weight is 518 g/mol. The highest BCUT2D eigenvalue weighted by atomic mass is 32.2. The van der Waals surface area contributed by atoms with Crippen LogP contribution >= 0.6 is 0 Å². The third-order valence-corrected chi connectivity index (χ3v) is 7.46. The van der Waals surface area contributed by atoms with Gasteiger partial charge in [0, 0.05) is 49.4 Å². The van der Waals surface area contributed by atoms with Crippen LogP contribution in [0.2, 0.25) is 0 Å². The maximum Gasteiger partial charge on any atom is 0.253 e. The first-order chi connectivity index (χ1) is 17.8. The monoisotopic (exact) mass is 517 g/mol. The fourth-order valence-electron chi connectivity index (χ4n) is 4.26. The number of hydrogen-bond acceptors (Lipinski definition) is 9. The number of sulfone groups is 1. The summed E-state index contributed by atoms with van der Waals surface area (Å²) in [6, 6.07) is 13.5. The van der Waals surface area contributed by atoms with Crippen LogP contribution in [0.3, 0.4) is 0 Å². The molecule has 11 heteroatoms. The highest BCUT2D eigenvalue weighted by Crippen LogP contribution is 2.24. The molecular formula is C26H27N7O3S. The van der Waals surface area contributed by atoms with E-state index in [0.717, 1.165) is 53.9 Å². The average Bonchev–Trinajstić information content (AvgIpc) is 3.40. The SMILES string of the molecule is CNC1CCN(c2cccc(-c3ccc4cnc(CNC(=O)c5cncc(S(C)(=O)=O)c5)cc4n3)n2)C1. The molecule has 37 heavy (non-hydrogen) atoms. The lowest BCUT2D eigenvalue weighted by Gasteiger charge is -2.18. The number of carbonyl (C=O) groups excluding carboxylic acids is 1. The molecule has 0 bridgehead atoms.